The van der Waals surface area contributed by atoms with Gasteiger partial charge in [-0.05, 0) is 17.7 Å². The number of alkyl halides is 2. The molecule has 0 aromatic heterocycles. The summed E-state index contributed by atoms with van der Waals surface area (Å²) in [6.45, 7) is 0.226. The molecule has 2 aromatic rings. The van der Waals surface area contributed by atoms with Crippen LogP contribution in [-0.4, -0.2) is 17.9 Å². The predicted octanol–water partition coefficient (Wildman–Crippen LogP) is 3.50. The number of hydrogen-bond donors (Lipinski definition) is 2. The van der Waals surface area contributed by atoms with Crippen LogP contribution in [0.15, 0.2) is 42.5 Å². The SMILES string of the molecule is CNC(=O)c1ccc(NCc2ccc(C(F)F)cc2)c([N+](=O)[O-])c1. The zero-order valence-electron chi connectivity index (χ0n) is 12.8. The van der Waals surface area contributed by atoms with Crippen molar-refractivity contribution in [3.05, 3.63) is 69.3 Å². The number of nitrogens with one attached hydrogen (secondary N) is 2. The number of rotatable bonds is 6. The maximum absolute atomic E-state index is 12.5. The fourth-order valence-corrected chi connectivity index (χ4v) is 2.10. The average Bonchev–Trinajstić information content (AvgIpc) is 2.59. The normalized spacial score (nSPS) is 10.5. The van der Waals surface area contributed by atoms with Gasteiger partial charge in [0.15, 0.2) is 0 Å². The molecule has 8 heteroatoms. The molecule has 6 nitrogen and oxygen atoms in total. The molecule has 126 valence electrons. The molecular weight excluding hydrogens is 320 g/mol. The first-order valence-corrected chi connectivity index (χ1v) is 7.03. The molecule has 0 aliphatic carbocycles. The minimum Gasteiger partial charge on any atom is -0.375 e. The Morgan fingerprint density at radius 3 is 2.42 bits per heavy atom. The Labute approximate surface area is 136 Å². The monoisotopic (exact) mass is 335 g/mol. The largest absolute Gasteiger partial charge is 0.375 e. The number of nitro benzene ring substituents is 1. The highest BCUT2D eigenvalue weighted by molar-refractivity contribution is 5.95. The molecular formula is C16H15F2N3O3. The average molecular weight is 335 g/mol. The van der Waals surface area contributed by atoms with E-state index >= 15 is 0 Å². The van der Waals surface area contributed by atoms with E-state index < -0.39 is 17.3 Å². The van der Waals surface area contributed by atoms with Crippen LogP contribution in [-0.2, 0) is 6.54 Å². The van der Waals surface area contributed by atoms with Crippen molar-refractivity contribution in [3.63, 3.8) is 0 Å². The minimum atomic E-state index is -2.54. The minimum absolute atomic E-state index is 0.0836. The van der Waals surface area contributed by atoms with E-state index in [0.717, 1.165) is 0 Å². The van der Waals surface area contributed by atoms with Crippen molar-refractivity contribution >= 4 is 17.3 Å². The molecule has 24 heavy (non-hydrogen) atoms. The summed E-state index contributed by atoms with van der Waals surface area (Å²) >= 11 is 0. The zero-order valence-corrected chi connectivity index (χ0v) is 12.8. The number of carbonyl (C=O) groups is 1. The van der Waals surface area contributed by atoms with Crippen LogP contribution >= 0.6 is 0 Å². The lowest BCUT2D eigenvalue weighted by Gasteiger charge is -2.09. The summed E-state index contributed by atoms with van der Waals surface area (Å²) in [6.07, 6.45) is -2.54. The van der Waals surface area contributed by atoms with Crippen LogP contribution in [0.25, 0.3) is 0 Å². The summed E-state index contributed by atoms with van der Waals surface area (Å²) in [4.78, 5) is 22.1. The zero-order chi connectivity index (χ0) is 17.7. The van der Waals surface area contributed by atoms with E-state index in [4.69, 9.17) is 0 Å². The lowest BCUT2D eigenvalue weighted by molar-refractivity contribution is -0.384. The smallest absolute Gasteiger partial charge is 0.293 e. The number of nitrogens with zero attached hydrogens (tertiary/aromatic N) is 1. The third kappa shape index (κ3) is 4.03. The van der Waals surface area contributed by atoms with Crippen LogP contribution < -0.4 is 10.6 Å². The van der Waals surface area contributed by atoms with Gasteiger partial charge in [0.25, 0.3) is 18.0 Å². The third-order valence-corrected chi connectivity index (χ3v) is 3.40. The summed E-state index contributed by atoms with van der Waals surface area (Å²) in [6, 6.07) is 9.76. The molecule has 0 atom stereocenters. The lowest BCUT2D eigenvalue weighted by Crippen LogP contribution is -2.18. The molecule has 0 aliphatic rings. The van der Waals surface area contributed by atoms with E-state index in [9.17, 15) is 23.7 Å². The van der Waals surface area contributed by atoms with Crippen LogP contribution in [0.4, 0.5) is 20.2 Å². The predicted molar refractivity (Wildman–Crippen MR) is 85.2 cm³/mol. The maximum Gasteiger partial charge on any atom is 0.293 e. The highest BCUT2D eigenvalue weighted by Gasteiger charge is 2.17. The quantitative estimate of drug-likeness (QED) is 0.625. The van der Waals surface area contributed by atoms with Gasteiger partial charge in [0, 0.05) is 30.8 Å². The summed E-state index contributed by atoms with van der Waals surface area (Å²) in [5.74, 6) is -0.424. The molecule has 0 spiro atoms. The van der Waals surface area contributed by atoms with Crippen LogP contribution in [0.1, 0.15) is 27.9 Å². The third-order valence-electron chi connectivity index (χ3n) is 3.40. The number of nitro groups is 1. The van der Waals surface area contributed by atoms with Gasteiger partial charge in [0.05, 0.1) is 4.92 Å². The molecule has 0 fully saturated rings. The standard InChI is InChI=1S/C16H15F2N3O3/c1-19-16(22)12-6-7-13(14(8-12)21(23)24)20-9-10-2-4-11(5-3-10)15(17)18/h2-8,15,20H,9H2,1H3,(H,19,22). The Hall–Kier alpha value is -3.03. The first-order chi connectivity index (χ1) is 11.4. The lowest BCUT2D eigenvalue weighted by atomic mass is 10.1. The van der Waals surface area contributed by atoms with Crippen LogP contribution in [0, 0.1) is 10.1 Å². The summed E-state index contributed by atoms with van der Waals surface area (Å²) in [7, 11) is 1.43. The number of hydrogen-bond acceptors (Lipinski definition) is 4. The molecule has 0 heterocycles. The molecule has 1 amide bonds. The van der Waals surface area contributed by atoms with Crippen molar-refractivity contribution in [1.82, 2.24) is 5.32 Å². The van der Waals surface area contributed by atoms with E-state index in [1.54, 1.807) is 0 Å². The number of halogens is 2. The molecule has 2 aromatic carbocycles. The van der Waals surface area contributed by atoms with Crippen molar-refractivity contribution in [3.8, 4) is 0 Å². The number of benzene rings is 2. The van der Waals surface area contributed by atoms with Gasteiger partial charge in [0.2, 0.25) is 0 Å². The first-order valence-electron chi connectivity index (χ1n) is 7.03. The second-order valence-electron chi connectivity index (χ2n) is 4.96. The Balaban J connectivity index is 2.16. The molecule has 0 unspecified atom stereocenters. The highest BCUT2D eigenvalue weighted by Crippen LogP contribution is 2.26. The van der Waals surface area contributed by atoms with E-state index in [0.29, 0.717) is 5.56 Å². The first kappa shape index (κ1) is 17.3. The van der Waals surface area contributed by atoms with E-state index in [1.165, 1.54) is 49.5 Å². The highest BCUT2D eigenvalue weighted by atomic mass is 19.3. The van der Waals surface area contributed by atoms with Gasteiger partial charge in [-0.25, -0.2) is 8.78 Å². The van der Waals surface area contributed by atoms with Gasteiger partial charge >= 0.3 is 0 Å². The van der Waals surface area contributed by atoms with Crippen LogP contribution in [0.3, 0.4) is 0 Å². The van der Waals surface area contributed by atoms with E-state index in [1.807, 2.05) is 0 Å². The maximum atomic E-state index is 12.5. The fourth-order valence-electron chi connectivity index (χ4n) is 2.10. The van der Waals surface area contributed by atoms with Crippen molar-refractivity contribution in [2.75, 3.05) is 12.4 Å². The Morgan fingerprint density at radius 2 is 1.88 bits per heavy atom. The Kier molecular flexibility index (Phi) is 5.41. The van der Waals surface area contributed by atoms with E-state index in [-0.39, 0.29) is 29.0 Å². The van der Waals surface area contributed by atoms with Crippen molar-refractivity contribution in [1.29, 1.82) is 0 Å². The Morgan fingerprint density at radius 1 is 1.21 bits per heavy atom. The number of anilines is 1. The van der Waals surface area contributed by atoms with Gasteiger partial charge in [-0.1, -0.05) is 24.3 Å². The molecule has 0 aliphatic heterocycles. The number of amides is 1. The van der Waals surface area contributed by atoms with Gasteiger partial charge in [0.1, 0.15) is 5.69 Å². The topological polar surface area (TPSA) is 84.3 Å². The molecule has 0 bridgehead atoms. The second-order valence-corrected chi connectivity index (χ2v) is 4.96. The molecule has 0 radical (unpaired) electrons. The van der Waals surface area contributed by atoms with Crippen molar-refractivity contribution in [2.24, 2.45) is 0 Å². The van der Waals surface area contributed by atoms with Gasteiger partial charge in [-0.15, -0.1) is 0 Å². The second kappa shape index (κ2) is 7.49. The van der Waals surface area contributed by atoms with Gasteiger partial charge < -0.3 is 10.6 Å². The molecule has 0 saturated carbocycles. The molecule has 2 N–H and O–H groups in total. The van der Waals surface area contributed by atoms with Gasteiger partial charge in [-0.3, -0.25) is 14.9 Å². The van der Waals surface area contributed by atoms with Crippen molar-refractivity contribution in [2.45, 2.75) is 13.0 Å². The summed E-state index contributed by atoms with van der Waals surface area (Å²) < 4.78 is 25.0. The van der Waals surface area contributed by atoms with E-state index in [2.05, 4.69) is 10.6 Å². The summed E-state index contributed by atoms with van der Waals surface area (Å²) in [5, 5.41) is 16.4. The summed E-state index contributed by atoms with van der Waals surface area (Å²) in [5.41, 5.74) is 0.797. The Bertz CT molecular complexity index is 749. The van der Waals surface area contributed by atoms with Crippen LogP contribution in [0.5, 0.6) is 0 Å². The van der Waals surface area contributed by atoms with Crippen LogP contribution in [0.2, 0.25) is 0 Å². The molecule has 0 saturated heterocycles. The van der Waals surface area contributed by atoms with Crippen molar-refractivity contribution < 1.29 is 18.5 Å². The van der Waals surface area contributed by atoms with Gasteiger partial charge in [-0.2, -0.15) is 0 Å². The molecule has 2 rings (SSSR count). The fraction of sp³-hybridized carbons (Fsp3) is 0.188. The number of carbonyl (C=O) groups excluding carboxylic acids is 1.